The summed E-state index contributed by atoms with van der Waals surface area (Å²) >= 11 is 0. The fourth-order valence-corrected chi connectivity index (χ4v) is 7.30. The summed E-state index contributed by atoms with van der Waals surface area (Å²) in [5, 5.41) is 0. The zero-order chi connectivity index (χ0) is 23.2. The van der Waals surface area contributed by atoms with Gasteiger partial charge in [0.1, 0.15) is 0 Å². The molecule has 0 bridgehead atoms. The molecule has 0 rings (SSSR count). The van der Waals surface area contributed by atoms with Crippen LogP contribution in [0.15, 0.2) is 0 Å². The van der Waals surface area contributed by atoms with E-state index in [1.54, 1.807) is 0 Å². The second-order valence-electron chi connectivity index (χ2n) is 10.3. The van der Waals surface area contributed by atoms with Crippen LogP contribution in [0.1, 0.15) is 151 Å². The molecule has 0 aromatic carbocycles. The molecule has 0 saturated heterocycles. The average Bonchev–Trinajstić information content (AvgIpc) is 2.74. The van der Waals surface area contributed by atoms with E-state index in [9.17, 15) is 0 Å². The molecule has 0 spiro atoms. The van der Waals surface area contributed by atoms with Crippen molar-refractivity contribution in [2.75, 3.05) is 6.61 Å². The third-order valence-corrected chi connectivity index (χ3v) is 10.4. The first-order valence-electron chi connectivity index (χ1n) is 14.3. The fraction of sp³-hybridized carbons (Fsp3) is 1.00. The molecule has 0 fully saturated rings. The van der Waals surface area contributed by atoms with E-state index in [0.29, 0.717) is 12.0 Å². The summed E-state index contributed by atoms with van der Waals surface area (Å²) in [6.07, 6.45) is 24.1. The summed E-state index contributed by atoms with van der Waals surface area (Å²) in [6.45, 7) is 14.5. The largest absolute Gasteiger partial charge is 0.394 e. The molecule has 0 aliphatic carbocycles. The first-order valence-corrected chi connectivity index (χ1v) is 16.5. The normalized spacial score (nSPS) is 13.3. The minimum Gasteiger partial charge on any atom is -0.394 e. The van der Waals surface area contributed by atoms with E-state index in [2.05, 4.69) is 41.5 Å². The standard InChI is InChI=1S/C28H60O2Si/c1-7-10-11-12-13-14-15-16-17-18-19-20-21-22-23-24-25-29-31(8-2,9-3)30-28(6)26-27(4)5/h27-28H,7-26H2,1-6H3. The quantitative estimate of drug-likeness (QED) is 0.106. The third kappa shape index (κ3) is 19.3. The van der Waals surface area contributed by atoms with Gasteiger partial charge in [-0.2, -0.15) is 0 Å². The van der Waals surface area contributed by atoms with Gasteiger partial charge in [0, 0.05) is 12.7 Å². The van der Waals surface area contributed by atoms with Crippen LogP contribution in [0.25, 0.3) is 0 Å². The maximum Gasteiger partial charge on any atom is 0.337 e. The molecule has 188 valence electrons. The lowest BCUT2D eigenvalue weighted by Gasteiger charge is -2.32. The Kier molecular flexibility index (Phi) is 22.1. The van der Waals surface area contributed by atoms with E-state index >= 15 is 0 Å². The first kappa shape index (κ1) is 31.1. The summed E-state index contributed by atoms with van der Waals surface area (Å²) in [5.41, 5.74) is 0. The van der Waals surface area contributed by atoms with Gasteiger partial charge in [-0.25, -0.2) is 0 Å². The smallest absolute Gasteiger partial charge is 0.337 e. The Morgan fingerprint density at radius 1 is 0.548 bits per heavy atom. The molecule has 1 atom stereocenters. The van der Waals surface area contributed by atoms with Crippen LogP contribution in [0.4, 0.5) is 0 Å². The first-order chi connectivity index (χ1) is 15.0. The molecule has 0 radical (unpaired) electrons. The molecular formula is C28H60O2Si. The van der Waals surface area contributed by atoms with Gasteiger partial charge in [-0.15, -0.1) is 0 Å². The van der Waals surface area contributed by atoms with Gasteiger partial charge in [-0.3, -0.25) is 0 Å². The van der Waals surface area contributed by atoms with E-state index in [4.69, 9.17) is 8.85 Å². The molecule has 0 aliphatic heterocycles. The molecule has 0 aliphatic rings. The van der Waals surface area contributed by atoms with E-state index in [1.165, 1.54) is 103 Å². The predicted octanol–water partition coefficient (Wildman–Crippen LogP) is 10.2. The van der Waals surface area contributed by atoms with Crippen LogP contribution in [0, 0.1) is 5.92 Å². The summed E-state index contributed by atoms with van der Waals surface area (Å²) in [6, 6.07) is 2.15. The Labute approximate surface area is 198 Å². The summed E-state index contributed by atoms with van der Waals surface area (Å²) in [7, 11) is -1.98. The lowest BCUT2D eigenvalue weighted by molar-refractivity contribution is 0.108. The molecule has 0 heterocycles. The third-order valence-electron chi connectivity index (χ3n) is 6.66. The van der Waals surface area contributed by atoms with E-state index in [0.717, 1.165) is 25.1 Å². The Balaban J connectivity index is 3.54. The van der Waals surface area contributed by atoms with E-state index in [-0.39, 0.29) is 0 Å². The van der Waals surface area contributed by atoms with Crippen LogP contribution in [0.5, 0.6) is 0 Å². The van der Waals surface area contributed by atoms with Crippen molar-refractivity contribution in [3.05, 3.63) is 0 Å². The number of rotatable bonds is 24. The van der Waals surface area contributed by atoms with Gasteiger partial charge in [0.15, 0.2) is 0 Å². The highest BCUT2D eigenvalue weighted by Gasteiger charge is 2.35. The zero-order valence-corrected chi connectivity index (χ0v) is 23.6. The number of hydrogen-bond acceptors (Lipinski definition) is 2. The van der Waals surface area contributed by atoms with Crippen LogP contribution in [0.3, 0.4) is 0 Å². The topological polar surface area (TPSA) is 18.5 Å². The molecule has 0 amide bonds. The molecule has 0 aromatic heterocycles. The highest BCUT2D eigenvalue weighted by Crippen LogP contribution is 2.23. The second kappa shape index (κ2) is 22.0. The highest BCUT2D eigenvalue weighted by atomic mass is 28.4. The van der Waals surface area contributed by atoms with Crippen LogP contribution in [0.2, 0.25) is 12.1 Å². The molecule has 2 nitrogen and oxygen atoms in total. The number of unbranched alkanes of at least 4 members (excludes halogenated alkanes) is 15. The molecule has 3 heteroatoms. The van der Waals surface area contributed by atoms with Crippen molar-refractivity contribution in [2.45, 2.75) is 169 Å². The average molecular weight is 457 g/mol. The van der Waals surface area contributed by atoms with Crippen LogP contribution in [-0.4, -0.2) is 21.3 Å². The number of hydrogen-bond donors (Lipinski definition) is 0. The Morgan fingerprint density at radius 3 is 1.29 bits per heavy atom. The zero-order valence-electron chi connectivity index (χ0n) is 22.6. The SMILES string of the molecule is CCCCCCCCCCCCCCCCCCO[Si](CC)(CC)OC(C)CC(C)C. The molecule has 0 saturated carbocycles. The maximum absolute atomic E-state index is 6.49. The van der Waals surface area contributed by atoms with Gasteiger partial charge in [0.2, 0.25) is 0 Å². The van der Waals surface area contributed by atoms with Gasteiger partial charge in [0.05, 0.1) is 0 Å². The van der Waals surface area contributed by atoms with Crippen molar-refractivity contribution in [1.29, 1.82) is 0 Å². The maximum atomic E-state index is 6.49. The summed E-state index contributed by atoms with van der Waals surface area (Å²) in [4.78, 5) is 0. The van der Waals surface area contributed by atoms with Gasteiger partial charge in [-0.05, 0) is 37.8 Å². The van der Waals surface area contributed by atoms with E-state index in [1.807, 2.05) is 0 Å². The highest BCUT2D eigenvalue weighted by molar-refractivity contribution is 6.67. The molecule has 1 unspecified atom stereocenters. The predicted molar refractivity (Wildman–Crippen MR) is 142 cm³/mol. The molecule has 0 N–H and O–H groups in total. The fourth-order valence-electron chi connectivity index (χ4n) is 4.64. The van der Waals surface area contributed by atoms with Crippen molar-refractivity contribution in [3.8, 4) is 0 Å². The van der Waals surface area contributed by atoms with Crippen LogP contribution < -0.4 is 0 Å². The minimum absolute atomic E-state index is 0.331. The van der Waals surface area contributed by atoms with Crippen molar-refractivity contribution >= 4 is 8.56 Å². The molecular weight excluding hydrogens is 396 g/mol. The van der Waals surface area contributed by atoms with Gasteiger partial charge < -0.3 is 8.85 Å². The van der Waals surface area contributed by atoms with Crippen LogP contribution in [-0.2, 0) is 8.85 Å². The lowest BCUT2D eigenvalue weighted by atomic mass is 10.0. The van der Waals surface area contributed by atoms with Crippen LogP contribution >= 0.6 is 0 Å². The monoisotopic (exact) mass is 456 g/mol. The minimum atomic E-state index is -1.98. The Bertz CT molecular complexity index is 355. The van der Waals surface area contributed by atoms with Gasteiger partial charge in [-0.1, -0.05) is 131 Å². The molecule has 0 aromatic rings. The Hall–Kier alpha value is 0.137. The summed E-state index contributed by atoms with van der Waals surface area (Å²) in [5.74, 6) is 0.690. The van der Waals surface area contributed by atoms with E-state index < -0.39 is 8.56 Å². The lowest BCUT2D eigenvalue weighted by Crippen LogP contribution is -2.44. The second-order valence-corrected chi connectivity index (χ2v) is 14.1. The van der Waals surface area contributed by atoms with Gasteiger partial charge in [0.25, 0.3) is 0 Å². The van der Waals surface area contributed by atoms with Crippen molar-refractivity contribution in [3.63, 3.8) is 0 Å². The van der Waals surface area contributed by atoms with Crippen molar-refractivity contribution < 1.29 is 8.85 Å². The summed E-state index contributed by atoms with van der Waals surface area (Å²) < 4.78 is 12.9. The Morgan fingerprint density at radius 2 is 0.935 bits per heavy atom. The van der Waals surface area contributed by atoms with Crippen molar-refractivity contribution in [2.24, 2.45) is 5.92 Å². The van der Waals surface area contributed by atoms with Crippen molar-refractivity contribution in [1.82, 2.24) is 0 Å². The molecule has 31 heavy (non-hydrogen) atoms. The van der Waals surface area contributed by atoms with Gasteiger partial charge >= 0.3 is 8.56 Å².